The molecule has 0 saturated carbocycles. The van der Waals surface area contributed by atoms with Gasteiger partial charge in [0.05, 0.1) is 21.1 Å². The minimum Gasteiger partial charge on any atom is -0.301 e. The molecule has 2 aromatic heterocycles. The minimum absolute atomic E-state index is 0.0167. The molecule has 0 spiro atoms. The van der Waals surface area contributed by atoms with E-state index in [0.29, 0.717) is 21.0 Å². The van der Waals surface area contributed by atoms with Gasteiger partial charge in [-0.15, -0.1) is 11.3 Å². The van der Waals surface area contributed by atoms with E-state index >= 15 is 0 Å². The van der Waals surface area contributed by atoms with Gasteiger partial charge in [0.15, 0.2) is 5.16 Å². The molecule has 164 valence electrons. The number of thiophene rings is 1. The van der Waals surface area contributed by atoms with E-state index < -0.39 is 0 Å². The van der Waals surface area contributed by atoms with Crippen LogP contribution in [0.25, 0.3) is 15.9 Å². The van der Waals surface area contributed by atoms with E-state index in [1.54, 1.807) is 33.7 Å². The van der Waals surface area contributed by atoms with E-state index in [4.69, 9.17) is 28.2 Å². The first-order valence-electron chi connectivity index (χ1n) is 10.3. The number of nitrogens with zero attached hydrogens (tertiary/aromatic N) is 3. The second kappa shape index (κ2) is 8.84. The topological polar surface area (TPSA) is 38.1 Å². The van der Waals surface area contributed by atoms with Crippen molar-refractivity contribution >= 4 is 56.5 Å². The summed E-state index contributed by atoms with van der Waals surface area (Å²) >= 11 is 15.5. The molecule has 5 rings (SSSR count). The van der Waals surface area contributed by atoms with Gasteiger partial charge in [-0.1, -0.05) is 59.2 Å². The number of hydrogen-bond acceptors (Lipinski definition) is 5. The fourth-order valence-electron chi connectivity index (χ4n) is 4.05. The molecule has 0 aliphatic carbocycles. The maximum absolute atomic E-state index is 13.9. The molecule has 0 atom stereocenters. The van der Waals surface area contributed by atoms with E-state index in [2.05, 4.69) is 11.9 Å². The lowest BCUT2D eigenvalue weighted by atomic mass is 10.1. The zero-order chi connectivity index (χ0) is 22.4. The quantitative estimate of drug-likeness (QED) is 0.241. The average molecular weight is 502 g/mol. The lowest BCUT2D eigenvalue weighted by Crippen LogP contribution is -2.27. The Hall–Kier alpha value is -1.83. The number of rotatable bonds is 4. The number of para-hydroxylation sites is 1. The van der Waals surface area contributed by atoms with Gasteiger partial charge in [-0.3, -0.25) is 9.36 Å². The van der Waals surface area contributed by atoms with Gasteiger partial charge in [-0.2, -0.15) is 0 Å². The van der Waals surface area contributed by atoms with Gasteiger partial charge < -0.3 is 4.90 Å². The summed E-state index contributed by atoms with van der Waals surface area (Å²) in [5.74, 6) is 0.633. The van der Waals surface area contributed by atoms with Crippen LogP contribution in [-0.2, 0) is 18.7 Å². The van der Waals surface area contributed by atoms with E-state index in [1.807, 2.05) is 43.3 Å². The summed E-state index contributed by atoms with van der Waals surface area (Å²) < 4.78 is 1.78. The normalized spacial score (nSPS) is 14.1. The van der Waals surface area contributed by atoms with Crippen molar-refractivity contribution in [2.45, 2.75) is 30.8 Å². The standard InChI is InChI=1S/C24H21Cl2N3OS2/c1-14-5-3-4-6-19(14)29-23(30)21-16-9-10-28(2)12-20(16)32-22(21)27-24(29)31-13-15-7-8-17(25)18(26)11-15/h3-8,11H,9-10,12-13H2,1-2H3. The number of halogens is 2. The van der Waals surface area contributed by atoms with Crippen molar-refractivity contribution in [3.05, 3.63) is 84.4 Å². The third-order valence-electron chi connectivity index (χ3n) is 5.74. The fourth-order valence-corrected chi connectivity index (χ4v) is 6.66. The number of likely N-dealkylation sites (N-methyl/N-ethyl adjacent to an activating group) is 1. The molecule has 8 heteroatoms. The maximum atomic E-state index is 13.9. The number of fused-ring (bicyclic) bond motifs is 3. The summed E-state index contributed by atoms with van der Waals surface area (Å²) in [4.78, 5) is 23.3. The van der Waals surface area contributed by atoms with Crippen molar-refractivity contribution in [1.82, 2.24) is 14.5 Å². The first kappa shape index (κ1) is 22.0. The molecule has 0 radical (unpaired) electrons. The van der Waals surface area contributed by atoms with E-state index in [9.17, 15) is 4.79 Å². The molecule has 0 amide bonds. The van der Waals surface area contributed by atoms with E-state index in [-0.39, 0.29) is 5.56 Å². The Kier molecular flexibility index (Phi) is 6.07. The predicted octanol–water partition coefficient (Wildman–Crippen LogP) is 6.34. The second-order valence-corrected chi connectivity index (χ2v) is 10.9. The molecule has 1 aliphatic heterocycles. The molecule has 0 saturated heterocycles. The summed E-state index contributed by atoms with van der Waals surface area (Å²) in [6, 6.07) is 13.6. The Morgan fingerprint density at radius 1 is 1.16 bits per heavy atom. The van der Waals surface area contributed by atoms with Gasteiger partial charge in [0.2, 0.25) is 0 Å². The predicted molar refractivity (Wildman–Crippen MR) is 136 cm³/mol. The van der Waals surface area contributed by atoms with Crippen molar-refractivity contribution in [3.63, 3.8) is 0 Å². The van der Waals surface area contributed by atoms with Crippen LogP contribution in [0.15, 0.2) is 52.4 Å². The van der Waals surface area contributed by atoms with E-state index in [0.717, 1.165) is 46.5 Å². The Bertz CT molecular complexity index is 1400. The number of aromatic nitrogens is 2. The van der Waals surface area contributed by atoms with Crippen LogP contribution < -0.4 is 5.56 Å². The van der Waals surface area contributed by atoms with Crippen LogP contribution in [-0.4, -0.2) is 28.0 Å². The van der Waals surface area contributed by atoms with E-state index in [1.165, 1.54) is 10.4 Å². The van der Waals surface area contributed by atoms with Crippen LogP contribution >= 0.6 is 46.3 Å². The first-order chi connectivity index (χ1) is 15.4. The minimum atomic E-state index is 0.0167. The first-order valence-corrected chi connectivity index (χ1v) is 12.9. The number of aryl methyl sites for hydroxylation is 1. The van der Waals surface area contributed by atoms with Crippen molar-refractivity contribution in [3.8, 4) is 5.69 Å². The number of benzene rings is 2. The Morgan fingerprint density at radius 2 is 1.97 bits per heavy atom. The third kappa shape index (κ3) is 3.99. The molecule has 0 N–H and O–H groups in total. The van der Waals surface area contributed by atoms with Crippen molar-refractivity contribution in [2.75, 3.05) is 13.6 Å². The highest BCUT2D eigenvalue weighted by Gasteiger charge is 2.24. The SMILES string of the molecule is Cc1ccccc1-n1c(SCc2ccc(Cl)c(Cl)c2)nc2sc3c(c2c1=O)CCN(C)C3. The lowest BCUT2D eigenvalue weighted by Gasteiger charge is -2.22. The number of thioether (sulfide) groups is 1. The Labute approximate surface area is 204 Å². The summed E-state index contributed by atoms with van der Waals surface area (Å²) in [7, 11) is 2.12. The molecule has 3 heterocycles. The third-order valence-corrected chi connectivity index (χ3v) is 8.60. The Balaban J connectivity index is 1.66. The molecule has 2 aromatic carbocycles. The second-order valence-electron chi connectivity index (χ2n) is 8.03. The molecule has 1 aliphatic rings. The molecule has 0 fully saturated rings. The van der Waals surface area contributed by atoms with Gasteiger partial charge in [-0.25, -0.2) is 4.98 Å². The van der Waals surface area contributed by atoms with Crippen molar-refractivity contribution in [2.24, 2.45) is 0 Å². The van der Waals surface area contributed by atoms with Gasteiger partial charge in [0, 0.05) is 23.7 Å². The molecular formula is C24H21Cl2N3OS2. The van der Waals surface area contributed by atoms with Gasteiger partial charge in [0.25, 0.3) is 5.56 Å². The highest BCUT2D eigenvalue weighted by Crippen LogP contribution is 2.35. The van der Waals surface area contributed by atoms with Crippen LogP contribution in [0.1, 0.15) is 21.6 Å². The summed E-state index contributed by atoms with van der Waals surface area (Å²) in [6.07, 6.45) is 0.881. The van der Waals surface area contributed by atoms with Crippen molar-refractivity contribution in [1.29, 1.82) is 0 Å². The lowest BCUT2D eigenvalue weighted by molar-refractivity contribution is 0.318. The van der Waals surface area contributed by atoms with Crippen LogP contribution in [0, 0.1) is 6.92 Å². The smallest absolute Gasteiger partial charge is 0.267 e. The molecule has 0 bridgehead atoms. The fraction of sp³-hybridized carbons (Fsp3) is 0.250. The van der Waals surface area contributed by atoms with Crippen LogP contribution in [0.4, 0.5) is 0 Å². The monoisotopic (exact) mass is 501 g/mol. The summed E-state index contributed by atoms with van der Waals surface area (Å²) in [6.45, 7) is 3.85. The molecule has 32 heavy (non-hydrogen) atoms. The van der Waals surface area contributed by atoms with Gasteiger partial charge in [0.1, 0.15) is 4.83 Å². The average Bonchev–Trinajstić information content (AvgIpc) is 3.13. The zero-order valence-corrected chi connectivity index (χ0v) is 20.8. The molecule has 0 unspecified atom stereocenters. The summed E-state index contributed by atoms with van der Waals surface area (Å²) in [5.41, 5.74) is 4.13. The number of hydrogen-bond donors (Lipinski definition) is 0. The van der Waals surface area contributed by atoms with Crippen LogP contribution in [0.2, 0.25) is 10.0 Å². The highest BCUT2D eigenvalue weighted by molar-refractivity contribution is 7.98. The summed E-state index contributed by atoms with van der Waals surface area (Å²) in [5, 5.41) is 2.53. The van der Waals surface area contributed by atoms with Gasteiger partial charge >= 0.3 is 0 Å². The molecular weight excluding hydrogens is 481 g/mol. The van der Waals surface area contributed by atoms with Crippen molar-refractivity contribution < 1.29 is 0 Å². The zero-order valence-electron chi connectivity index (χ0n) is 17.7. The molecule has 4 nitrogen and oxygen atoms in total. The molecule has 4 aromatic rings. The Morgan fingerprint density at radius 3 is 2.75 bits per heavy atom. The van der Waals surface area contributed by atoms with Crippen LogP contribution in [0.3, 0.4) is 0 Å². The van der Waals surface area contributed by atoms with Gasteiger partial charge in [-0.05, 0) is 55.3 Å². The van der Waals surface area contributed by atoms with Crippen LogP contribution in [0.5, 0.6) is 0 Å². The highest BCUT2D eigenvalue weighted by atomic mass is 35.5. The largest absolute Gasteiger partial charge is 0.301 e. The maximum Gasteiger partial charge on any atom is 0.267 e.